The van der Waals surface area contributed by atoms with Gasteiger partial charge in [-0.15, -0.1) is 5.10 Å². The second kappa shape index (κ2) is 8.91. The summed E-state index contributed by atoms with van der Waals surface area (Å²) in [4.78, 5) is 7.24. The molecule has 0 spiro atoms. The quantitative estimate of drug-likeness (QED) is 0.227. The lowest BCUT2D eigenvalue weighted by molar-refractivity contribution is 0.596. The van der Waals surface area contributed by atoms with Gasteiger partial charge in [0.2, 0.25) is 0 Å². The van der Waals surface area contributed by atoms with Gasteiger partial charge in [-0.25, -0.2) is 13.4 Å². The standard InChI is InChI=1S/C22H25N7O2S/c1-15-6-7-18-17(12-15)19(25-9-8-21(23)27-28-24)13-22(26-18)29-10-11-32(30,31)20-5-3-2-4-16(20)14-29/h2-7,12-13H,8-11,14H2,1H3,(H,25,26)(H3,23,24,27). The number of amidine groups is 1. The average molecular weight is 452 g/mol. The van der Waals surface area contributed by atoms with Crippen LogP contribution in [0.1, 0.15) is 17.5 Å². The first-order valence-corrected chi connectivity index (χ1v) is 11.9. The summed E-state index contributed by atoms with van der Waals surface area (Å²) >= 11 is 0. The number of nitrogens with one attached hydrogen (secondary N) is 2. The van der Waals surface area contributed by atoms with Crippen molar-refractivity contribution in [3.8, 4) is 0 Å². The molecule has 0 saturated heterocycles. The van der Waals surface area contributed by atoms with Gasteiger partial charge in [0.15, 0.2) is 9.84 Å². The van der Waals surface area contributed by atoms with E-state index < -0.39 is 9.84 Å². The van der Waals surface area contributed by atoms with E-state index in [-0.39, 0.29) is 11.6 Å². The van der Waals surface area contributed by atoms with Crippen molar-refractivity contribution in [3.63, 3.8) is 0 Å². The summed E-state index contributed by atoms with van der Waals surface area (Å²) in [5, 5.41) is 10.8. The van der Waals surface area contributed by atoms with Gasteiger partial charge in [0, 0.05) is 43.2 Å². The van der Waals surface area contributed by atoms with Gasteiger partial charge in [0.05, 0.1) is 16.2 Å². The molecule has 0 atom stereocenters. The minimum atomic E-state index is -3.34. The summed E-state index contributed by atoms with van der Waals surface area (Å²) in [5.41, 5.74) is 16.1. The van der Waals surface area contributed by atoms with Gasteiger partial charge in [-0.3, -0.25) is 0 Å². The van der Waals surface area contributed by atoms with E-state index in [2.05, 4.69) is 21.7 Å². The van der Waals surface area contributed by atoms with E-state index in [9.17, 15) is 8.42 Å². The Balaban J connectivity index is 1.71. The Bertz CT molecular complexity index is 1300. The van der Waals surface area contributed by atoms with Crippen molar-refractivity contribution in [2.75, 3.05) is 29.1 Å². The number of benzene rings is 2. The third-order valence-electron chi connectivity index (χ3n) is 5.45. The van der Waals surface area contributed by atoms with Crippen LogP contribution in [-0.2, 0) is 16.4 Å². The zero-order valence-corrected chi connectivity index (χ0v) is 18.6. The maximum absolute atomic E-state index is 12.7. The Labute approximate surface area is 186 Å². The van der Waals surface area contributed by atoms with E-state index >= 15 is 0 Å². The fraction of sp³-hybridized carbons (Fsp3) is 0.273. The predicted octanol–water partition coefficient (Wildman–Crippen LogP) is 3.44. The minimum absolute atomic E-state index is 0.0318. The lowest BCUT2D eigenvalue weighted by Crippen LogP contribution is -2.26. The highest BCUT2D eigenvalue weighted by Crippen LogP contribution is 2.31. The first-order chi connectivity index (χ1) is 15.4. The molecule has 4 N–H and O–H groups in total. The van der Waals surface area contributed by atoms with Crippen molar-refractivity contribution in [1.82, 2.24) is 4.98 Å². The molecule has 0 unspecified atom stereocenters. The monoisotopic (exact) mass is 451 g/mol. The Morgan fingerprint density at radius 2 is 2.06 bits per heavy atom. The molecule has 2 aromatic carbocycles. The van der Waals surface area contributed by atoms with E-state index in [0.717, 1.165) is 27.7 Å². The molecule has 4 rings (SSSR count). The molecule has 1 aliphatic heterocycles. The molecule has 2 heterocycles. The van der Waals surface area contributed by atoms with Crippen molar-refractivity contribution in [2.45, 2.75) is 24.8 Å². The van der Waals surface area contributed by atoms with Crippen molar-refractivity contribution >= 4 is 38.1 Å². The molecule has 9 nitrogen and oxygen atoms in total. The van der Waals surface area contributed by atoms with E-state index in [4.69, 9.17) is 16.2 Å². The van der Waals surface area contributed by atoms with Gasteiger partial charge in [-0.2, -0.15) is 5.53 Å². The highest BCUT2D eigenvalue weighted by atomic mass is 32.2. The molecule has 0 amide bonds. The fourth-order valence-electron chi connectivity index (χ4n) is 3.83. The number of rotatable bonds is 6. The van der Waals surface area contributed by atoms with Gasteiger partial charge < -0.3 is 16.0 Å². The topological polar surface area (TPSA) is 137 Å². The minimum Gasteiger partial charge on any atom is -0.386 e. The number of anilines is 2. The van der Waals surface area contributed by atoms with Crippen LogP contribution < -0.4 is 16.0 Å². The van der Waals surface area contributed by atoms with Crippen LogP contribution in [0.15, 0.2) is 63.8 Å². The highest BCUT2D eigenvalue weighted by Gasteiger charge is 2.26. The van der Waals surface area contributed by atoms with Gasteiger partial charge in [-0.05, 0) is 30.7 Å². The van der Waals surface area contributed by atoms with Crippen molar-refractivity contribution in [3.05, 3.63) is 59.7 Å². The molecule has 0 saturated carbocycles. The second-order valence-electron chi connectivity index (χ2n) is 7.76. The normalized spacial score (nSPS) is 15.8. The van der Waals surface area contributed by atoms with Gasteiger partial charge in [0.25, 0.3) is 0 Å². The number of nitrogens with two attached hydrogens (primary N) is 1. The summed E-state index contributed by atoms with van der Waals surface area (Å²) in [5.74, 6) is 1.01. The molecule has 32 heavy (non-hydrogen) atoms. The van der Waals surface area contributed by atoms with Crippen LogP contribution >= 0.6 is 0 Å². The Morgan fingerprint density at radius 1 is 1.25 bits per heavy atom. The van der Waals surface area contributed by atoms with Crippen LogP contribution in [-0.4, -0.2) is 38.1 Å². The summed E-state index contributed by atoms with van der Waals surface area (Å²) in [6.07, 6.45) is 0.433. The molecule has 0 fully saturated rings. The summed E-state index contributed by atoms with van der Waals surface area (Å²) in [7, 11) is -3.34. The second-order valence-corrected chi connectivity index (χ2v) is 9.84. The maximum atomic E-state index is 12.7. The molecule has 1 aliphatic rings. The Morgan fingerprint density at radius 3 is 2.88 bits per heavy atom. The van der Waals surface area contributed by atoms with Crippen LogP contribution in [0.2, 0.25) is 0 Å². The number of hydrogen-bond donors (Lipinski definition) is 3. The number of aromatic nitrogens is 1. The SMILES string of the molecule is Cc1ccc2nc(N3CCS(=O)(=O)c4ccccc4C3)cc(NCCC(N)=NN=N)c2c1. The van der Waals surface area contributed by atoms with Gasteiger partial charge in [-0.1, -0.05) is 35.1 Å². The lowest BCUT2D eigenvalue weighted by Gasteiger charge is -2.23. The number of hydrogen-bond acceptors (Lipinski definition) is 7. The number of sulfone groups is 1. The first-order valence-electron chi connectivity index (χ1n) is 10.3. The first kappa shape index (κ1) is 21.7. The molecular weight excluding hydrogens is 426 g/mol. The van der Waals surface area contributed by atoms with Crippen molar-refractivity contribution < 1.29 is 8.42 Å². The molecule has 3 aromatic rings. The smallest absolute Gasteiger partial charge is 0.180 e. The number of nitrogens with zero attached hydrogens (tertiary/aromatic N) is 4. The number of pyridine rings is 1. The lowest BCUT2D eigenvalue weighted by atomic mass is 10.1. The molecule has 0 aliphatic carbocycles. The van der Waals surface area contributed by atoms with E-state index in [1.807, 2.05) is 42.2 Å². The Kier molecular flexibility index (Phi) is 6.04. The number of aryl methyl sites for hydroxylation is 1. The van der Waals surface area contributed by atoms with Crippen LogP contribution in [0.3, 0.4) is 0 Å². The highest BCUT2D eigenvalue weighted by molar-refractivity contribution is 7.91. The molecule has 1 aromatic heterocycles. The van der Waals surface area contributed by atoms with Crippen LogP contribution in [0.5, 0.6) is 0 Å². The summed E-state index contributed by atoms with van der Waals surface area (Å²) in [6, 6.07) is 15.1. The van der Waals surface area contributed by atoms with Crippen LogP contribution in [0, 0.1) is 12.5 Å². The molecule has 166 valence electrons. The third-order valence-corrected chi connectivity index (χ3v) is 7.24. The number of fused-ring (bicyclic) bond motifs is 2. The summed E-state index contributed by atoms with van der Waals surface area (Å²) in [6.45, 7) is 3.35. The maximum Gasteiger partial charge on any atom is 0.180 e. The predicted molar refractivity (Wildman–Crippen MR) is 126 cm³/mol. The van der Waals surface area contributed by atoms with E-state index in [1.165, 1.54) is 0 Å². The zero-order chi connectivity index (χ0) is 22.7. The van der Waals surface area contributed by atoms with E-state index in [0.29, 0.717) is 36.8 Å². The molecular formula is C22H25N7O2S. The molecule has 0 bridgehead atoms. The molecule has 0 radical (unpaired) electrons. The fourth-order valence-corrected chi connectivity index (χ4v) is 5.33. The van der Waals surface area contributed by atoms with Gasteiger partial charge >= 0.3 is 0 Å². The van der Waals surface area contributed by atoms with Gasteiger partial charge in [0.1, 0.15) is 11.7 Å². The zero-order valence-electron chi connectivity index (χ0n) is 17.7. The van der Waals surface area contributed by atoms with Crippen LogP contribution in [0.4, 0.5) is 11.5 Å². The molecule has 10 heteroatoms. The largest absolute Gasteiger partial charge is 0.386 e. The van der Waals surface area contributed by atoms with Crippen LogP contribution in [0.25, 0.3) is 10.9 Å². The average Bonchev–Trinajstić information content (AvgIpc) is 2.90. The Hall–Kier alpha value is -3.53. The van der Waals surface area contributed by atoms with E-state index in [1.54, 1.807) is 12.1 Å². The third kappa shape index (κ3) is 4.54. The van der Waals surface area contributed by atoms with Crippen molar-refractivity contribution in [1.29, 1.82) is 5.53 Å². The summed E-state index contributed by atoms with van der Waals surface area (Å²) < 4.78 is 25.5. The van der Waals surface area contributed by atoms with Crippen molar-refractivity contribution in [2.24, 2.45) is 16.1 Å².